The molecular weight excluding hydrogens is 218 g/mol. The molecule has 0 spiro atoms. The molecule has 0 radical (unpaired) electrons. The average Bonchev–Trinajstić information content (AvgIpc) is 2.33. The van der Waals surface area contributed by atoms with Crippen molar-refractivity contribution in [1.29, 1.82) is 0 Å². The normalized spacial score (nSPS) is 22.8. The highest BCUT2D eigenvalue weighted by molar-refractivity contribution is 5.53. The van der Waals surface area contributed by atoms with Gasteiger partial charge in [-0.05, 0) is 18.8 Å². The van der Waals surface area contributed by atoms with Crippen LogP contribution < -0.4 is 19.9 Å². The Balaban J connectivity index is 2.40. The topological polar surface area (TPSA) is 53.7 Å². The van der Waals surface area contributed by atoms with Crippen LogP contribution in [0.25, 0.3) is 0 Å². The molecule has 1 aromatic carbocycles. The van der Waals surface area contributed by atoms with Crippen molar-refractivity contribution in [3.63, 3.8) is 0 Å². The highest BCUT2D eigenvalue weighted by Crippen LogP contribution is 2.46. The van der Waals surface area contributed by atoms with E-state index in [0.717, 1.165) is 35.7 Å². The van der Waals surface area contributed by atoms with Crippen LogP contribution in [0.3, 0.4) is 0 Å². The first-order valence-corrected chi connectivity index (χ1v) is 5.75. The maximum absolute atomic E-state index is 5.84. The van der Waals surface area contributed by atoms with Gasteiger partial charge in [-0.25, -0.2) is 0 Å². The number of benzene rings is 1. The van der Waals surface area contributed by atoms with Crippen molar-refractivity contribution in [3.8, 4) is 17.2 Å². The van der Waals surface area contributed by atoms with Gasteiger partial charge in [-0.3, -0.25) is 0 Å². The molecule has 4 heteroatoms. The van der Waals surface area contributed by atoms with E-state index in [0.29, 0.717) is 12.0 Å². The molecule has 0 heterocycles. The van der Waals surface area contributed by atoms with Gasteiger partial charge >= 0.3 is 0 Å². The van der Waals surface area contributed by atoms with Crippen LogP contribution in [0, 0.1) is 0 Å². The molecule has 1 aliphatic carbocycles. The van der Waals surface area contributed by atoms with E-state index in [2.05, 4.69) is 0 Å². The molecule has 0 saturated heterocycles. The van der Waals surface area contributed by atoms with Crippen LogP contribution >= 0.6 is 0 Å². The Morgan fingerprint density at radius 1 is 1.00 bits per heavy atom. The van der Waals surface area contributed by atoms with Crippen molar-refractivity contribution in [2.24, 2.45) is 5.73 Å². The van der Waals surface area contributed by atoms with Crippen molar-refractivity contribution in [2.75, 3.05) is 21.3 Å². The van der Waals surface area contributed by atoms with Crippen LogP contribution in [0.15, 0.2) is 12.1 Å². The Bertz CT molecular complexity index is 375. The highest BCUT2D eigenvalue weighted by atomic mass is 16.5. The molecule has 0 aliphatic heterocycles. The van der Waals surface area contributed by atoms with E-state index in [-0.39, 0.29) is 0 Å². The van der Waals surface area contributed by atoms with Crippen LogP contribution in [0.1, 0.15) is 24.3 Å². The summed E-state index contributed by atoms with van der Waals surface area (Å²) < 4.78 is 16.1. The molecule has 1 aliphatic rings. The van der Waals surface area contributed by atoms with E-state index in [1.807, 2.05) is 12.1 Å². The van der Waals surface area contributed by atoms with Crippen molar-refractivity contribution in [1.82, 2.24) is 0 Å². The molecule has 1 aromatic rings. The minimum atomic E-state index is 0.302. The summed E-state index contributed by atoms with van der Waals surface area (Å²) in [6.07, 6.45) is 1.97. The molecule has 0 unspecified atom stereocenters. The van der Waals surface area contributed by atoms with Gasteiger partial charge in [0.2, 0.25) is 0 Å². The van der Waals surface area contributed by atoms with Crippen molar-refractivity contribution >= 4 is 0 Å². The Morgan fingerprint density at radius 3 is 1.88 bits per heavy atom. The summed E-state index contributed by atoms with van der Waals surface area (Å²) in [6.45, 7) is 0. The Hall–Kier alpha value is -1.42. The van der Waals surface area contributed by atoms with Gasteiger partial charge < -0.3 is 19.9 Å². The van der Waals surface area contributed by atoms with E-state index in [4.69, 9.17) is 19.9 Å². The third-order valence-corrected chi connectivity index (χ3v) is 3.34. The molecule has 2 rings (SSSR count). The van der Waals surface area contributed by atoms with Crippen LogP contribution in [0.4, 0.5) is 0 Å². The number of rotatable bonds is 4. The second-order valence-corrected chi connectivity index (χ2v) is 4.37. The van der Waals surface area contributed by atoms with Gasteiger partial charge in [0.15, 0.2) is 0 Å². The molecule has 17 heavy (non-hydrogen) atoms. The van der Waals surface area contributed by atoms with Crippen LogP contribution in [-0.2, 0) is 0 Å². The predicted molar refractivity (Wildman–Crippen MR) is 66.0 cm³/mol. The maximum Gasteiger partial charge on any atom is 0.129 e. The summed E-state index contributed by atoms with van der Waals surface area (Å²) in [5, 5.41) is 0. The molecule has 4 nitrogen and oxygen atoms in total. The highest BCUT2D eigenvalue weighted by Gasteiger charge is 2.32. The second-order valence-electron chi connectivity index (χ2n) is 4.37. The third-order valence-electron chi connectivity index (χ3n) is 3.34. The Kier molecular flexibility index (Phi) is 3.43. The molecule has 94 valence electrons. The fraction of sp³-hybridized carbons (Fsp3) is 0.538. The minimum absolute atomic E-state index is 0.302. The average molecular weight is 237 g/mol. The summed E-state index contributed by atoms with van der Waals surface area (Å²) >= 11 is 0. The first kappa shape index (κ1) is 12.0. The third kappa shape index (κ3) is 2.17. The van der Waals surface area contributed by atoms with E-state index in [1.54, 1.807) is 21.3 Å². The summed E-state index contributed by atoms with van der Waals surface area (Å²) in [6, 6.07) is 4.08. The molecule has 1 saturated carbocycles. The number of methoxy groups -OCH3 is 3. The molecule has 2 N–H and O–H groups in total. The quantitative estimate of drug-likeness (QED) is 0.869. The molecule has 0 aromatic heterocycles. The van der Waals surface area contributed by atoms with Gasteiger partial charge in [0, 0.05) is 23.7 Å². The lowest BCUT2D eigenvalue weighted by atomic mass is 9.75. The van der Waals surface area contributed by atoms with E-state index in [1.165, 1.54) is 0 Å². The lowest BCUT2D eigenvalue weighted by Gasteiger charge is -2.34. The van der Waals surface area contributed by atoms with E-state index >= 15 is 0 Å². The number of ether oxygens (including phenoxy) is 3. The van der Waals surface area contributed by atoms with Crippen molar-refractivity contribution in [3.05, 3.63) is 17.7 Å². The minimum Gasteiger partial charge on any atom is -0.496 e. The summed E-state index contributed by atoms with van der Waals surface area (Å²) in [5.74, 6) is 2.81. The lowest BCUT2D eigenvalue weighted by Crippen LogP contribution is -2.35. The van der Waals surface area contributed by atoms with Gasteiger partial charge in [-0.15, -0.1) is 0 Å². The smallest absolute Gasteiger partial charge is 0.129 e. The number of nitrogens with two attached hydrogens (primary N) is 1. The molecule has 0 amide bonds. The van der Waals surface area contributed by atoms with Gasteiger partial charge in [0.25, 0.3) is 0 Å². The molecule has 0 bridgehead atoms. The fourth-order valence-corrected chi connectivity index (χ4v) is 2.33. The van der Waals surface area contributed by atoms with Crippen LogP contribution in [-0.4, -0.2) is 27.4 Å². The van der Waals surface area contributed by atoms with Gasteiger partial charge in [0.05, 0.1) is 21.3 Å². The summed E-state index contributed by atoms with van der Waals surface area (Å²) in [7, 11) is 4.96. The van der Waals surface area contributed by atoms with Crippen molar-refractivity contribution in [2.45, 2.75) is 24.8 Å². The largest absolute Gasteiger partial charge is 0.496 e. The second kappa shape index (κ2) is 4.84. The molecule has 1 fully saturated rings. The van der Waals surface area contributed by atoms with Gasteiger partial charge in [-0.1, -0.05) is 0 Å². The van der Waals surface area contributed by atoms with E-state index < -0.39 is 0 Å². The zero-order valence-electron chi connectivity index (χ0n) is 10.5. The number of hydrogen-bond acceptors (Lipinski definition) is 4. The fourth-order valence-electron chi connectivity index (χ4n) is 2.33. The maximum atomic E-state index is 5.84. The number of hydrogen-bond donors (Lipinski definition) is 1. The zero-order valence-corrected chi connectivity index (χ0v) is 10.5. The SMILES string of the molecule is COc1cc(OC)c(C2CC(N)C2)c(OC)c1. The summed E-state index contributed by atoms with van der Waals surface area (Å²) in [5.41, 5.74) is 6.95. The first-order valence-electron chi connectivity index (χ1n) is 5.75. The monoisotopic (exact) mass is 237 g/mol. The Labute approximate surface area is 102 Å². The first-order chi connectivity index (χ1) is 8.19. The standard InChI is InChI=1S/C13H19NO3/c1-15-10-6-11(16-2)13(12(7-10)17-3)8-4-9(14)5-8/h6-9H,4-5,14H2,1-3H3. The van der Waals surface area contributed by atoms with Crippen LogP contribution in [0.2, 0.25) is 0 Å². The lowest BCUT2D eigenvalue weighted by molar-refractivity contribution is 0.313. The summed E-state index contributed by atoms with van der Waals surface area (Å²) in [4.78, 5) is 0. The Morgan fingerprint density at radius 2 is 1.53 bits per heavy atom. The van der Waals surface area contributed by atoms with E-state index in [9.17, 15) is 0 Å². The van der Waals surface area contributed by atoms with Crippen molar-refractivity contribution < 1.29 is 14.2 Å². The predicted octanol–water partition coefficient (Wildman–Crippen LogP) is 1.92. The van der Waals surface area contributed by atoms with Gasteiger partial charge in [0.1, 0.15) is 17.2 Å². The zero-order chi connectivity index (χ0) is 12.4. The van der Waals surface area contributed by atoms with Gasteiger partial charge in [-0.2, -0.15) is 0 Å². The molecule has 0 atom stereocenters. The van der Waals surface area contributed by atoms with Crippen LogP contribution in [0.5, 0.6) is 17.2 Å². The molecular formula is C13H19NO3.